The van der Waals surface area contributed by atoms with Gasteiger partial charge in [-0.05, 0) is 39.3 Å². The average Bonchev–Trinajstić information content (AvgIpc) is 2.50. The zero-order valence-corrected chi connectivity index (χ0v) is 15.0. The molecule has 0 radical (unpaired) electrons. The van der Waals surface area contributed by atoms with Gasteiger partial charge in [-0.15, -0.1) is 0 Å². The Morgan fingerprint density at radius 3 is 2.71 bits per heavy atom. The Morgan fingerprint density at radius 2 is 2.04 bits per heavy atom. The maximum atomic E-state index is 12.7. The van der Waals surface area contributed by atoms with Gasteiger partial charge in [0.1, 0.15) is 0 Å². The standard InChI is InChI=1S/C17H23N3O3S/c1-17(2,3)19-14(22)11-24-16-18-13-8-5-4-7-12(13)15(23)20(16)9-6-10-21/h4-5,7-8,21H,6,9-11H2,1-3H3,(H,19,22). The van der Waals surface area contributed by atoms with Gasteiger partial charge >= 0.3 is 0 Å². The number of hydrogen-bond donors (Lipinski definition) is 2. The third-order valence-electron chi connectivity index (χ3n) is 3.21. The molecule has 0 aliphatic heterocycles. The predicted octanol–water partition coefficient (Wildman–Crippen LogP) is 1.79. The second-order valence-corrected chi connectivity index (χ2v) is 7.47. The Labute approximate surface area is 145 Å². The van der Waals surface area contributed by atoms with Crippen molar-refractivity contribution < 1.29 is 9.90 Å². The number of aromatic nitrogens is 2. The van der Waals surface area contributed by atoms with Crippen molar-refractivity contribution in [3.63, 3.8) is 0 Å². The molecule has 1 aromatic heterocycles. The summed E-state index contributed by atoms with van der Waals surface area (Å²) in [6.45, 7) is 6.12. The molecule has 6 nitrogen and oxygen atoms in total. The highest BCUT2D eigenvalue weighted by molar-refractivity contribution is 7.99. The molecule has 130 valence electrons. The molecule has 0 fully saturated rings. The number of fused-ring (bicyclic) bond motifs is 1. The zero-order valence-electron chi connectivity index (χ0n) is 14.2. The van der Waals surface area contributed by atoms with Gasteiger partial charge in [-0.25, -0.2) is 4.98 Å². The van der Waals surface area contributed by atoms with Crippen LogP contribution in [0.15, 0.2) is 34.2 Å². The van der Waals surface area contributed by atoms with E-state index >= 15 is 0 Å². The molecule has 0 bridgehead atoms. The van der Waals surface area contributed by atoms with Crippen LogP contribution in [0.25, 0.3) is 10.9 Å². The van der Waals surface area contributed by atoms with Gasteiger partial charge in [-0.1, -0.05) is 23.9 Å². The number of thioether (sulfide) groups is 1. The molecule has 2 N–H and O–H groups in total. The molecule has 0 saturated heterocycles. The number of carbonyl (C=O) groups excluding carboxylic acids is 1. The number of benzene rings is 1. The van der Waals surface area contributed by atoms with Gasteiger partial charge in [-0.3, -0.25) is 14.2 Å². The Hall–Kier alpha value is -1.86. The highest BCUT2D eigenvalue weighted by Gasteiger charge is 2.16. The molecular formula is C17H23N3O3S. The second-order valence-electron chi connectivity index (χ2n) is 6.53. The van der Waals surface area contributed by atoms with Crippen molar-refractivity contribution in [2.75, 3.05) is 12.4 Å². The molecule has 0 unspecified atom stereocenters. The van der Waals surface area contributed by atoms with Crippen LogP contribution in [0.5, 0.6) is 0 Å². The molecule has 0 atom stereocenters. The third kappa shape index (κ3) is 4.82. The van der Waals surface area contributed by atoms with E-state index in [1.54, 1.807) is 18.2 Å². The molecule has 0 aliphatic rings. The van der Waals surface area contributed by atoms with E-state index < -0.39 is 0 Å². The number of hydrogen-bond acceptors (Lipinski definition) is 5. The number of aliphatic hydroxyl groups excluding tert-OH is 1. The van der Waals surface area contributed by atoms with Crippen LogP contribution in [0.4, 0.5) is 0 Å². The Balaban J connectivity index is 2.30. The van der Waals surface area contributed by atoms with Gasteiger partial charge in [0, 0.05) is 18.7 Å². The fraction of sp³-hybridized carbons (Fsp3) is 0.471. The second kappa shape index (κ2) is 7.81. The fourth-order valence-electron chi connectivity index (χ4n) is 2.27. The summed E-state index contributed by atoms with van der Waals surface area (Å²) >= 11 is 1.23. The van der Waals surface area contributed by atoms with E-state index in [0.717, 1.165) is 0 Å². The van der Waals surface area contributed by atoms with Gasteiger partial charge in [0.2, 0.25) is 5.91 Å². The molecule has 2 rings (SSSR count). The minimum atomic E-state index is -0.301. The molecule has 1 heterocycles. The van der Waals surface area contributed by atoms with Gasteiger partial charge in [0.05, 0.1) is 16.7 Å². The van der Waals surface area contributed by atoms with E-state index in [-0.39, 0.29) is 29.4 Å². The van der Waals surface area contributed by atoms with Gasteiger partial charge in [0.15, 0.2) is 5.16 Å². The van der Waals surface area contributed by atoms with E-state index in [4.69, 9.17) is 5.11 Å². The molecule has 24 heavy (non-hydrogen) atoms. The maximum absolute atomic E-state index is 12.7. The van der Waals surface area contributed by atoms with Crippen molar-refractivity contribution in [1.29, 1.82) is 0 Å². The van der Waals surface area contributed by atoms with Crippen molar-refractivity contribution >= 4 is 28.6 Å². The van der Waals surface area contributed by atoms with Crippen LogP contribution in [0, 0.1) is 0 Å². The average molecular weight is 349 g/mol. The fourth-order valence-corrected chi connectivity index (χ4v) is 3.09. The number of para-hydroxylation sites is 1. The van der Waals surface area contributed by atoms with Crippen molar-refractivity contribution in [2.45, 2.75) is 44.4 Å². The molecular weight excluding hydrogens is 326 g/mol. The number of carbonyl (C=O) groups is 1. The summed E-state index contributed by atoms with van der Waals surface area (Å²) in [6, 6.07) is 7.15. The number of nitrogens with one attached hydrogen (secondary N) is 1. The minimum absolute atomic E-state index is 0.00607. The lowest BCUT2D eigenvalue weighted by atomic mass is 10.1. The Morgan fingerprint density at radius 1 is 1.33 bits per heavy atom. The third-order valence-corrected chi connectivity index (χ3v) is 4.19. The van der Waals surface area contributed by atoms with Crippen molar-refractivity contribution in [3.8, 4) is 0 Å². The van der Waals surface area contributed by atoms with Crippen LogP contribution >= 0.6 is 11.8 Å². The predicted molar refractivity (Wildman–Crippen MR) is 96.3 cm³/mol. The quantitative estimate of drug-likeness (QED) is 0.613. The van der Waals surface area contributed by atoms with Crippen LogP contribution < -0.4 is 10.9 Å². The Kier molecular flexibility index (Phi) is 6.01. The van der Waals surface area contributed by atoms with Crippen molar-refractivity contribution in [2.24, 2.45) is 0 Å². The maximum Gasteiger partial charge on any atom is 0.262 e. The first-order valence-electron chi connectivity index (χ1n) is 7.86. The van der Waals surface area contributed by atoms with Crippen LogP contribution in [0.3, 0.4) is 0 Å². The molecule has 2 aromatic rings. The van der Waals surface area contributed by atoms with Crippen molar-refractivity contribution in [1.82, 2.24) is 14.9 Å². The SMILES string of the molecule is CC(C)(C)NC(=O)CSc1nc2ccccc2c(=O)n1CCCO. The molecule has 0 saturated carbocycles. The highest BCUT2D eigenvalue weighted by atomic mass is 32.2. The normalized spacial score (nSPS) is 11.7. The summed E-state index contributed by atoms with van der Waals surface area (Å²) in [5.41, 5.74) is 0.166. The molecule has 7 heteroatoms. The van der Waals surface area contributed by atoms with Crippen LogP contribution in [-0.2, 0) is 11.3 Å². The first-order chi connectivity index (χ1) is 11.3. The number of rotatable bonds is 6. The molecule has 1 aromatic carbocycles. The summed E-state index contributed by atoms with van der Waals surface area (Å²) in [4.78, 5) is 29.2. The van der Waals surface area contributed by atoms with E-state index in [0.29, 0.717) is 29.0 Å². The van der Waals surface area contributed by atoms with Crippen LogP contribution in [0.1, 0.15) is 27.2 Å². The van der Waals surface area contributed by atoms with Gasteiger partial charge in [-0.2, -0.15) is 0 Å². The lowest BCUT2D eigenvalue weighted by Gasteiger charge is -2.20. The summed E-state index contributed by atoms with van der Waals surface area (Å²) in [5.74, 6) is 0.0740. The lowest BCUT2D eigenvalue weighted by Crippen LogP contribution is -2.41. The van der Waals surface area contributed by atoms with E-state index in [9.17, 15) is 9.59 Å². The highest BCUT2D eigenvalue weighted by Crippen LogP contribution is 2.18. The topological polar surface area (TPSA) is 84.2 Å². The van der Waals surface area contributed by atoms with E-state index in [1.165, 1.54) is 16.3 Å². The molecule has 0 spiro atoms. The van der Waals surface area contributed by atoms with Crippen LogP contribution in [-0.4, -0.2) is 38.5 Å². The smallest absolute Gasteiger partial charge is 0.262 e. The zero-order chi connectivity index (χ0) is 17.7. The summed E-state index contributed by atoms with van der Waals surface area (Å²) < 4.78 is 1.54. The van der Waals surface area contributed by atoms with Crippen molar-refractivity contribution in [3.05, 3.63) is 34.6 Å². The molecule has 1 amide bonds. The van der Waals surface area contributed by atoms with Crippen LogP contribution in [0.2, 0.25) is 0 Å². The largest absolute Gasteiger partial charge is 0.396 e. The number of amides is 1. The summed E-state index contributed by atoms with van der Waals surface area (Å²) in [5, 5.41) is 13.0. The monoisotopic (exact) mass is 349 g/mol. The van der Waals surface area contributed by atoms with Gasteiger partial charge < -0.3 is 10.4 Å². The first kappa shape index (κ1) is 18.5. The lowest BCUT2D eigenvalue weighted by molar-refractivity contribution is -0.119. The summed E-state index contributed by atoms with van der Waals surface area (Å²) in [6.07, 6.45) is 0.460. The minimum Gasteiger partial charge on any atom is -0.396 e. The first-order valence-corrected chi connectivity index (χ1v) is 8.84. The Bertz CT molecular complexity index is 781. The van der Waals surface area contributed by atoms with E-state index in [1.807, 2.05) is 26.8 Å². The number of nitrogens with zero attached hydrogens (tertiary/aromatic N) is 2. The summed E-state index contributed by atoms with van der Waals surface area (Å²) in [7, 11) is 0. The number of aliphatic hydroxyl groups is 1. The van der Waals surface area contributed by atoms with E-state index in [2.05, 4.69) is 10.3 Å². The van der Waals surface area contributed by atoms with Gasteiger partial charge in [0.25, 0.3) is 5.56 Å². The molecule has 0 aliphatic carbocycles.